The topological polar surface area (TPSA) is 77.3 Å². The molecule has 0 saturated heterocycles. The molecule has 132 valence electrons. The first-order valence-corrected chi connectivity index (χ1v) is 9.35. The monoisotopic (exact) mass is 386 g/mol. The molecule has 0 bridgehead atoms. The number of carbonyl (C=O) groups is 1. The Bertz CT molecular complexity index is 1210. The van der Waals surface area contributed by atoms with E-state index in [1.54, 1.807) is 17.6 Å². The van der Waals surface area contributed by atoms with Crippen molar-refractivity contribution in [2.24, 2.45) is 0 Å². The molecule has 0 radical (unpaired) electrons. The highest BCUT2D eigenvalue weighted by molar-refractivity contribution is 7.25. The first-order valence-electron chi connectivity index (χ1n) is 7.65. The highest BCUT2D eigenvalue weighted by atomic mass is 32.1. The molecule has 0 saturated carbocycles. The minimum absolute atomic E-state index is 0.230. The molecule has 4 aromatic rings. The summed E-state index contributed by atoms with van der Waals surface area (Å²) in [4.78, 5) is 37.0. The van der Waals surface area contributed by atoms with Gasteiger partial charge in [-0.15, -0.1) is 22.7 Å². The average Bonchev–Trinajstić information content (AvgIpc) is 3.26. The summed E-state index contributed by atoms with van der Waals surface area (Å²) in [6.45, 7) is 0. The minimum Gasteiger partial charge on any atom is -0.465 e. The van der Waals surface area contributed by atoms with E-state index in [0.717, 1.165) is 15.9 Å². The van der Waals surface area contributed by atoms with E-state index in [2.05, 4.69) is 9.97 Å². The Hall–Kier alpha value is -2.78. The van der Waals surface area contributed by atoms with Crippen LogP contribution >= 0.6 is 22.7 Å². The van der Waals surface area contributed by atoms with Gasteiger partial charge in [-0.3, -0.25) is 9.36 Å². The SMILES string of the molecule is COC(=O)c1sccc1-n1cnc2c(sc3nccc(N(C)C)c32)c1=O. The van der Waals surface area contributed by atoms with Crippen molar-refractivity contribution in [2.75, 3.05) is 26.1 Å². The van der Waals surface area contributed by atoms with Gasteiger partial charge in [-0.2, -0.15) is 0 Å². The summed E-state index contributed by atoms with van der Waals surface area (Å²) >= 11 is 2.53. The summed E-state index contributed by atoms with van der Waals surface area (Å²) in [6.07, 6.45) is 3.18. The summed E-state index contributed by atoms with van der Waals surface area (Å²) in [7, 11) is 5.19. The Morgan fingerprint density at radius 2 is 2.08 bits per heavy atom. The van der Waals surface area contributed by atoms with Gasteiger partial charge in [0.1, 0.15) is 20.7 Å². The van der Waals surface area contributed by atoms with Crippen LogP contribution in [0.25, 0.3) is 26.1 Å². The number of esters is 1. The van der Waals surface area contributed by atoms with Crippen molar-refractivity contribution < 1.29 is 9.53 Å². The van der Waals surface area contributed by atoms with Crippen molar-refractivity contribution in [3.63, 3.8) is 0 Å². The number of anilines is 1. The number of ether oxygens (including phenoxy) is 1. The van der Waals surface area contributed by atoms with Crippen molar-refractivity contribution in [3.8, 4) is 5.69 Å². The van der Waals surface area contributed by atoms with E-state index in [1.165, 1.54) is 40.7 Å². The lowest BCUT2D eigenvalue weighted by atomic mass is 10.2. The van der Waals surface area contributed by atoms with Crippen molar-refractivity contribution >= 4 is 54.8 Å². The molecular formula is C17H14N4O3S2. The number of methoxy groups -OCH3 is 1. The highest BCUT2D eigenvalue weighted by Gasteiger charge is 2.20. The average molecular weight is 386 g/mol. The molecule has 0 fully saturated rings. The number of rotatable bonds is 3. The molecule has 0 unspecified atom stereocenters. The molecule has 26 heavy (non-hydrogen) atoms. The fourth-order valence-corrected chi connectivity index (χ4v) is 4.67. The van der Waals surface area contributed by atoms with Gasteiger partial charge in [0.15, 0.2) is 0 Å². The summed E-state index contributed by atoms with van der Waals surface area (Å²) < 4.78 is 6.69. The van der Waals surface area contributed by atoms with Crippen LogP contribution in [0.2, 0.25) is 0 Å². The summed E-state index contributed by atoms with van der Waals surface area (Å²) in [6, 6.07) is 3.61. The molecule has 0 aromatic carbocycles. The van der Waals surface area contributed by atoms with Crippen molar-refractivity contribution in [1.29, 1.82) is 0 Å². The van der Waals surface area contributed by atoms with E-state index in [4.69, 9.17) is 4.74 Å². The zero-order valence-electron chi connectivity index (χ0n) is 14.2. The molecule has 9 heteroatoms. The fraction of sp³-hybridized carbons (Fsp3) is 0.176. The predicted octanol–water partition coefficient (Wildman–Crippen LogP) is 2.91. The van der Waals surface area contributed by atoms with Gasteiger partial charge in [0, 0.05) is 20.3 Å². The van der Waals surface area contributed by atoms with Gasteiger partial charge in [0.25, 0.3) is 5.56 Å². The number of nitrogens with zero attached hydrogens (tertiary/aromatic N) is 4. The molecule has 4 rings (SSSR count). The Kier molecular flexibility index (Phi) is 3.97. The standard InChI is InChI=1S/C17H14N4O3S2/c1-20(2)9-4-6-18-15-11(9)12-14(26-15)16(22)21(8-19-12)10-5-7-25-13(10)17(23)24-3/h4-8H,1-3H3. The Balaban J connectivity index is 2.02. The molecule has 7 nitrogen and oxygen atoms in total. The number of thiophene rings is 2. The second-order valence-electron chi connectivity index (χ2n) is 5.73. The molecule has 4 heterocycles. The van der Waals surface area contributed by atoms with E-state index in [-0.39, 0.29) is 5.56 Å². The van der Waals surface area contributed by atoms with Crippen LogP contribution in [0.15, 0.2) is 34.8 Å². The van der Waals surface area contributed by atoms with Crippen LogP contribution in [-0.4, -0.2) is 41.7 Å². The van der Waals surface area contributed by atoms with Crippen LogP contribution in [0.3, 0.4) is 0 Å². The quantitative estimate of drug-likeness (QED) is 0.504. The van der Waals surface area contributed by atoms with E-state index in [9.17, 15) is 9.59 Å². The maximum Gasteiger partial charge on any atom is 0.350 e. The van der Waals surface area contributed by atoms with E-state index >= 15 is 0 Å². The second kappa shape index (κ2) is 6.19. The first-order chi connectivity index (χ1) is 12.5. The third kappa shape index (κ3) is 2.39. The van der Waals surface area contributed by atoms with Gasteiger partial charge in [0.05, 0.1) is 29.4 Å². The molecule has 0 spiro atoms. The van der Waals surface area contributed by atoms with E-state index < -0.39 is 5.97 Å². The normalized spacial score (nSPS) is 11.2. The van der Waals surface area contributed by atoms with Crippen LogP contribution < -0.4 is 10.5 Å². The van der Waals surface area contributed by atoms with Crippen molar-refractivity contribution in [2.45, 2.75) is 0 Å². The van der Waals surface area contributed by atoms with Crippen LogP contribution in [0, 0.1) is 0 Å². The largest absolute Gasteiger partial charge is 0.465 e. The molecular weight excluding hydrogens is 372 g/mol. The number of hydrogen-bond donors (Lipinski definition) is 0. The lowest BCUT2D eigenvalue weighted by Crippen LogP contribution is -2.19. The third-order valence-corrected chi connectivity index (χ3v) is 5.98. The van der Waals surface area contributed by atoms with Gasteiger partial charge in [-0.25, -0.2) is 14.8 Å². The Morgan fingerprint density at radius 3 is 2.81 bits per heavy atom. The van der Waals surface area contributed by atoms with Crippen molar-refractivity contribution in [1.82, 2.24) is 14.5 Å². The predicted molar refractivity (Wildman–Crippen MR) is 104 cm³/mol. The van der Waals surface area contributed by atoms with Crippen LogP contribution in [0.4, 0.5) is 5.69 Å². The molecule has 0 amide bonds. The smallest absolute Gasteiger partial charge is 0.350 e. The number of carbonyl (C=O) groups excluding carboxylic acids is 1. The van der Waals surface area contributed by atoms with Crippen molar-refractivity contribution in [3.05, 3.63) is 45.3 Å². The first kappa shape index (κ1) is 16.7. The zero-order chi connectivity index (χ0) is 18.4. The maximum absolute atomic E-state index is 13.1. The fourth-order valence-electron chi connectivity index (χ4n) is 2.82. The molecule has 0 aliphatic heterocycles. The number of fused-ring (bicyclic) bond motifs is 3. The van der Waals surface area contributed by atoms with E-state index in [0.29, 0.717) is 20.8 Å². The molecule has 0 aliphatic carbocycles. The van der Waals surface area contributed by atoms with Crippen LogP contribution in [0.5, 0.6) is 0 Å². The molecule has 0 N–H and O–H groups in total. The van der Waals surface area contributed by atoms with Gasteiger partial charge >= 0.3 is 5.97 Å². The van der Waals surface area contributed by atoms with Gasteiger partial charge < -0.3 is 9.64 Å². The van der Waals surface area contributed by atoms with Gasteiger partial charge in [-0.05, 0) is 17.5 Å². The number of aromatic nitrogens is 3. The highest BCUT2D eigenvalue weighted by Crippen LogP contribution is 2.35. The lowest BCUT2D eigenvalue weighted by Gasteiger charge is -2.13. The molecule has 4 aromatic heterocycles. The maximum atomic E-state index is 13.1. The summed E-state index contributed by atoms with van der Waals surface area (Å²) in [5.74, 6) is -0.477. The number of pyridine rings is 1. The van der Waals surface area contributed by atoms with Gasteiger partial charge in [0.2, 0.25) is 0 Å². The summed E-state index contributed by atoms with van der Waals surface area (Å²) in [5.41, 5.74) is 1.82. The molecule has 0 atom stereocenters. The molecule has 0 aliphatic rings. The van der Waals surface area contributed by atoms with Gasteiger partial charge in [-0.1, -0.05) is 0 Å². The summed E-state index contributed by atoms with van der Waals surface area (Å²) in [5, 5.41) is 2.61. The minimum atomic E-state index is -0.477. The number of hydrogen-bond acceptors (Lipinski definition) is 8. The zero-order valence-corrected chi connectivity index (χ0v) is 15.8. The van der Waals surface area contributed by atoms with Crippen LogP contribution in [0.1, 0.15) is 9.67 Å². The second-order valence-corrected chi connectivity index (χ2v) is 7.65. The van der Waals surface area contributed by atoms with Crippen LogP contribution in [-0.2, 0) is 4.74 Å². The Labute approximate surface area is 156 Å². The Morgan fingerprint density at radius 1 is 1.27 bits per heavy atom. The lowest BCUT2D eigenvalue weighted by molar-refractivity contribution is 0.0606. The third-order valence-electron chi connectivity index (χ3n) is 4.02. The van der Waals surface area contributed by atoms with E-state index in [1.807, 2.05) is 25.1 Å².